The molecule has 1 aromatic carbocycles. The molecule has 1 aliphatic rings. The minimum atomic E-state index is -0.520. The standard InChI is InChI=1S/C20H31NO3/c1-14(2)12-13-16-8-7-11-18(21)20(22)23-15(3)19(16)24-17-9-5-4-6-10-17/h4-6,9-10,14-16,18-19H,7-8,11-13,21H2,1-3H3/t15-,16+,18?,19-/m0/s1. The van der Waals surface area contributed by atoms with Crippen molar-refractivity contribution in [2.24, 2.45) is 17.6 Å². The Kier molecular flexibility index (Phi) is 7.10. The lowest BCUT2D eigenvalue weighted by Gasteiger charge is -2.32. The fourth-order valence-electron chi connectivity index (χ4n) is 3.31. The molecule has 0 aliphatic carbocycles. The number of carbonyl (C=O) groups excluding carboxylic acids is 1. The van der Waals surface area contributed by atoms with Gasteiger partial charge in [-0.05, 0) is 50.2 Å². The highest BCUT2D eigenvalue weighted by molar-refractivity contribution is 5.75. The topological polar surface area (TPSA) is 61.6 Å². The summed E-state index contributed by atoms with van der Waals surface area (Å²) in [6, 6.07) is 9.27. The Bertz CT molecular complexity index is 503. The van der Waals surface area contributed by atoms with Crippen LogP contribution in [-0.4, -0.2) is 24.2 Å². The fraction of sp³-hybridized carbons (Fsp3) is 0.650. The highest BCUT2D eigenvalue weighted by atomic mass is 16.6. The molecule has 1 heterocycles. The number of carbonyl (C=O) groups is 1. The summed E-state index contributed by atoms with van der Waals surface area (Å²) in [7, 11) is 0. The summed E-state index contributed by atoms with van der Waals surface area (Å²) in [5.74, 6) is 1.52. The van der Waals surface area contributed by atoms with E-state index in [1.807, 2.05) is 37.3 Å². The van der Waals surface area contributed by atoms with E-state index in [1.54, 1.807) is 0 Å². The average molecular weight is 333 g/mol. The minimum Gasteiger partial charge on any atom is -0.486 e. The Balaban J connectivity index is 2.18. The van der Waals surface area contributed by atoms with Crippen LogP contribution in [0.25, 0.3) is 0 Å². The maximum absolute atomic E-state index is 12.1. The normalized spacial score (nSPS) is 28.6. The number of esters is 1. The van der Waals surface area contributed by atoms with Gasteiger partial charge in [0.05, 0.1) is 0 Å². The van der Waals surface area contributed by atoms with Gasteiger partial charge in [0.2, 0.25) is 0 Å². The molecule has 0 amide bonds. The monoisotopic (exact) mass is 333 g/mol. The van der Waals surface area contributed by atoms with Crippen LogP contribution in [0.2, 0.25) is 0 Å². The molecular formula is C20H31NO3. The second-order valence-electron chi connectivity index (χ2n) is 7.31. The van der Waals surface area contributed by atoms with Crippen molar-refractivity contribution in [3.8, 4) is 5.75 Å². The molecule has 0 spiro atoms. The zero-order chi connectivity index (χ0) is 17.5. The van der Waals surface area contributed by atoms with E-state index in [2.05, 4.69) is 13.8 Å². The first-order valence-electron chi connectivity index (χ1n) is 9.15. The third-order valence-corrected chi connectivity index (χ3v) is 4.75. The van der Waals surface area contributed by atoms with Crippen LogP contribution < -0.4 is 10.5 Å². The van der Waals surface area contributed by atoms with Crippen LogP contribution in [0, 0.1) is 11.8 Å². The lowest BCUT2D eigenvalue weighted by Crippen LogP contribution is -2.41. The average Bonchev–Trinajstić information content (AvgIpc) is 2.60. The number of benzene rings is 1. The zero-order valence-corrected chi connectivity index (χ0v) is 15.1. The van der Waals surface area contributed by atoms with Crippen molar-refractivity contribution in [3.05, 3.63) is 30.3 Å². The summed E-state index contributed by atoms with van der Waals surface area (Å²) in [6.45, 7) is 6.40. The third kappa shape index (κ3) is 5.52. The zero-order valence-electron chi connectivity index (χ0n) is 15.1. The van der Waals surface area contributed by atoms with Crippen molar-refractivity contribution in [2.45, 2.75) is 71.1 Å². The molecule has 0 bridgehead atoms. The second kappa shape index (κ2) is 9.07. The lowest BCUT2D eigenvalue weighted by molar-refractivity contribution is -0.155. The number of rotatable bonds is 5. The predicted octanol–water partition coefficient (Wildman–Crippen LogP) is 3.93. The molecular weight excluding hydrogens is 302 g/mol. The van der Waals surface area contributed by atoms with E-state index in [9.17, 15) is 4.79 Å². The molecule has 1 aromatic rings. The maximum atomic E-state index is 12.1. The number of para-hydroxylation sites is 1. The molecule has 1 saturated heterocycles. The molecule has 1 unspecified atom stereocenters. The van der Waals surface area contributed by atoms with Gasteiger partial charge < -0.3 is 15.2 Å². The molecule has 0 radical (unpaired) electrons. The van der Waals surface area contributed by atoms with E-state index in [0.29, 0.717) is 18.3 Å². The van der Waals surface area contributed by atoms with Gasteiger partial charge in [-0.1, -0.05) is 44.9 Å². The summed E-state index contributed by atoms with van der Waals surface area (Å²) in [5.41, 5.74) is 5.93. The van der Waals surface area contributed by atoms with Gasteiger partial charge in [-0.25, -0.2) is 0 Å². The number of nitrogens with two attached hydrogens (primary N) is 1. The van der Waals surface area contributed by atoms with Gasteiger partial charge >= 0.3 is 5.97 Å². The summed E-state index contributed by atoms with van der Waals surface area (Å²) < 4.78 is 11.9. The molecule has 0 saturated carbocycles. The molecule has 4 atom stereocenters. The van der Waals surface area contributed by atoms with E-state index < -0.39 is 6.04 Å². The van der Waals surface area contributed by atoms with Gasteiger partial charge in [0.1, 0.15) is 24.0 Å². The largest absolute Gasteiger partial charge is 0.486 e. The predicted molar refractivity (Wildman–Crippen MR) is 95.8 cm³/mol. The second-order valence-corrected chi connectivity index (χ2v) is 7.31. The quantitative estimate of drug-likeness (QED) is 0.829. The number of ether oxygens (including phenoxy) is 2. The first-order valence-corrected chi connectivity index (χ1v) is 9.15. The van der Waals surface area contributed by atoms with Crippen LogP contribution in [0.1, 0.15) is 52.9 Å². The molecule has 2 N–H and O–H groups in total. The van der Waals surface area contributed by atoms with Gasteiger partial charge in [0, 0.05) is 0 Å². The van der Waals surface area contributed by atoms with Crippen LogP contribution in [0.15, 0.2) is 30.3 Å². The van der Waals surface area contributed by atoms with E-state index in [1.165, 1.54) is 0 Å². The molecule has 1 aliphatic heterocycles. The highest BCUT2D eigenvalue weighted by Gasteiger charge is 2.34. The van der Waals surface area contributed by atoms with E-state index in [4.69, 9.17) is 15.2 Å². The van der Waals surface area contributed by atoms with Crippen molar-refractivity contribution in [3.63, 3.8) is 0 Å². The van der Waals surface area contributed by atoms with E-state index in [0.717, 1.165) is 31.4 Å². The van der Waals surface area contributed by atoms with Gasteiger partial charge in [0.25, 0.3) is 0 Å². The molecule has 134 valence electrons. The Morgan fingerprint density at radius 3 is 2.62 bits per heavy atom. The Labute approximate surface area is 145 Å². The summed E-state index contributed by atoms with van der Waals surface area (Å²) in [4.78, 5) is 12.1. The van der Waals surface area contributed by atoms with Crippen molar-refractivity contribution < 1.29 is 14.3 Å². The first-order chi connectivity index (χ1) is 11.5. The molecule has 0 aromatic heterocycles. The summed E-state index contributed by atoms with van der Waals surface area (Å²) >= 11 is 0. The van der Waals surface area contributed by atoms with Crippen LogP contribution >= 0.6 is 0 Å². The van der Waals surface area contributed by atoms with Crippen molar-refractivity contribution in [1.82, 2.24) is 0 Å². The van der Waals surface area contributed by atoms with Crippen molar-refractivity contribution in [1.29, 1.82) is 0 Å². The Hall–Kier alpha value is -1.55. The van der Waals surface area contributed by atoms with E-state index >= 15 is 0 Å². The maximum Gasteiger partial charge on any atom is 0.323 e. The van der Waals surface area contributed by atoms with Gasteiger partial charge in [-0.2, -0.15) is 0 Å². The molecule has 4 heteroatoms. The first kappa shape index (κ1) is 18.8. The summed E-state index contributed by atoms with van der Waals surface area (Å²) in [5, 5.41) is 0. The summed E-state index contributed by atoms with van der Waals surface area (Å²) in [6.07, 6.45) is 4.40. The SMILES string of the molecule is CC(C)CC[C@H]1CCCC(N)C(=O)O[C@@H](C)[C@@H]1Oc1ccccc1. The van der Waals surface area contributed by atoms with Gasteiger partial charge in [-0.3, -0.25) is 4.79 Å². The Morgan fingerprint density at radius 1 is 1.25 bits per heavy atom. The van der Waals surface area contributed by atoms with Gasteiger partial charge in [-0.15, -0.1) is 0 Å². The smallest absolute Gasteiger partial charge is 0.323 e. The fourth-order valence-corrected chi connectivity index (χ4v) is 3.31. The Morgan fingerprint density at radius 2 is 1.96 bits per heavy atom. The van der Waals surface area contributed by atoms with E-state index in [-0.39, 0.29) is 18.2 Å². The molecule has 4 nitrogen and oxygen atoms in total. The van der Waals surface area contributed by atoms with Crippen LogP contribution in [-0.2, 0) is 9.53 Å². The van der Waals surface area contributed by atoms with Crippen LogP contribution in [0.4, 0.5) is 0 Å². The molecule has 24 heavy (non-hydrogen) atoms. The van der Waals surface area contributed by atoms with Crippen molar-refractivity contribution >= 4 is 5.97 Å². The minimum absolute atomic E-state index is 0.139. The number of hydrogen-bond acceptors (Lipinski definition) is 4. The van der Waals surface area contributed by atoms with Crippen LogP contribution in [0.5, 0.6) is 5.75 Å². The third-order valence-electron chi connectivity index (χ3n) is 4.75. The highest BCUT2D eigenvalue weighted by Crippen LogP contribution is 2.29. The van der Waals surface area contributed by atoms with Crippen LogP contribution in [0.3, 0.4) is 0 Å². The molecule has 2 rings (SSSR count). The molecule has 1 fully saturated rings. The number of hydrogen-bond donors (Lipinski definition) is 1. The van der Waals surface area contributed by atoms with Crippen molar-refractivity contribution in [2.75, 3.05) is 0 Å². The number of cyclic esters (lactones) is 1. The van der Waals surface area contributed by atoms with Gasteiger partial charge in [0.15, 0.2) is 0 Å². The lowest BCUT2D eigenvalue weighted by atomic mass is 9.86.